The van der Waals surface area contributed by atoms with Gasteiger partial charge in [-0.3, -0.25) is 9.59 Å². The number of carbonyl (C=O) groups excluding carboxylic acids is 2. The maximum atomic E-state index is 11.5. The summed E-state index contributed by atoms with van der Waals surface area (Å²) in [6.07, 6.45) is 3.62. The molecule has 0 aromatic heterocycles. The second-order valence-corrected chi connectivity index (χ2v) is 5.12. The van der Waals surface area contributed by atoms with E-state index in [9.17, 15) is 9.59 Å². The zero-order valence-corrected chi connectivity index (χ0v) is 10.6. The third-order valence-corrected chi connectivity index (χ3v) is 3.55. The Kier molecular flexibility index (Phi) is 6.30. The van der Waals surface area contributed by atoms with Crippen LogP contribution in [0, 0.1) is 0 Å². The fraction of sp³-hybridized carbons (Fsp3) is 0.818. The van der Waals surface area contributed by atoms with Gasteiger partial charge in [-0.15, -0.1) is 0 Å². The molecule has 0 aliphatic carbocycles. The van der Waals surface area contributed by atoms with Crippen molar-refractivity contribution < 1.29 is 9.59 Å². The summed E-state index contributed by atoms with van der Waals surface area (Å²) < 4.78 is 0. The van der Waals surface area contributed by atoms with E-state index in [0.717, 1.165) is 18.6 Å². The number of amides is 2. The summed E-state index contributed by atoms with van der Waals surface area (Å²) in [6, 6.07) is 0.122. The first-order chi connectivity index (χ1) is 7.72. The summed E-state index contributed by atoms with van der Waals surface area (Å²) >= 11 is 1.68. The van der Waals surface area contributed by atoms with Gasteiger partial charge in [0.25, 0.3) is 0 Å². The highest BCUT2D eigenvalue weighted by molar-refractivity contribution is 7.99. The second kappa shape index (κ2) is 7.54. The molecule has 4 nitrogen and oxygen atoms in total. The van der Waals surface area contributed by atoms with E-state index in [4.69, 9.17) is 0 Å². The van der Waals surface area contributed by atoms with Gasteiger partial charge in [-0.2, -0.15) is 11.8 Å². The third-order valence-electron chi connectivity index (χ3n) is 2.51. The molecule has 1 atom stereocenters. The van der Waals surface area contributed by atoms with Crippen molar-refractivity contribution in [3.63, 3.8) is 0 Å². The van der Waals surface area contributed by atoms with Crippen molar-refractivity contribution in [1.82, 2.24) is 10.6 Å². The number of hydrogen-bond donors (Lipinski definition) is 2. The van der Waals surface area contributed by atoms with E-state index >= 15 is 0 Å². The number of carbonyl (C=O) groups is 2. The zero-order valence-electron chi connectivity index (χ0n) is 9.75. The maximum absolute atomic E-state index is 11.5. The highest BCUT2D eigenvalue weighted by Crippen LogP contribution is 2.06. The molecule has 2 amide bonds. The highest BCUT2D eigenvalue weighted by atomic mass is 32.2. The molecule has 0 saturated carbocycles. The number of unbranched alkanes of at least 4 members (excludes halogenated alkanes) is 1. The van der Waals surface area contributed by atoms with Crippen LogP contribution in [0.2, 0.25) is 0 Å². The van der Waals surface area contributed by atoms with Crippen LogP contribution in [0.1, 0.15) is 32.6 Å². The number of piperidine rings is 1. The van der Waals surface area contributed by atoms with E-state index < -0.39 is 0 Å². The minimum atomic E-state index is 0.0854. The van der Waals surface area contributed by atoms with Crippen LogP contribution in [-0.2, 0) is 9.59 Å². The largest absolute Gasteiger partial charge is 0.354 e. The second-order valence-electron chi connectivity index (χ2n) is 4.01. The molecule has 1 saturated heterocycles. The average Bonchev–Trinajstić information content (AvgIpc) is 2.28. The first-order valence-corrected chi connectivity index (χ1v) is 7.01. The standard InChI is InChI=1S/C11H20N2O2S/c1-2-3-6-16-8-11(15)13-9-4-5-10(14)12-7-9/h9H,2-8H2,1H3,(H,12,14)(H,13,15). The summed E-state index contributed by atoms with van der Waals surface area (Å²) in [4.78, 5) is 22.4. The Morgan fingerprint density at radius 1 is 1.62 bits per heavy atom. The van der Waals surface area contributed by atoms with Crippen molar-refractivity contribution in [2.45, 2.75) is 38.6 Å². The molecular weight excluding hydrogens is 224 g/mol. The lowest BCUT2D eigenvalue weighted by Gasteiger charge is -2.23. The van der Waals surface area contributed by atoms with Gasteiger partial charge in [-0.25, -0.2) is 0 Å². The number of nitrogens with one attached hydrogen (secondary N) is 2. The molecule has 1 aliphatic heterocycles. The van der Waals surface area contributed by atoms with Crippen LogP contribution < -0.4 is 10.6 Å². The quantitative estimate of drug-likeness (QED) is 0.683. The molecular formula is C11H20N2O2S. The average molecular weight is 244 g/mol. The monoisotopic (exact) mass is 244 g/mol. The summed E-state index contributed by atoms with van der Waals surface area (Å²) in [6.45, 7) is 2.72. The van der Waals surface area contributed by atoms with Gasteiger partial charge in [0.05, 0.1) is 5.75 Å². The van der Waals surface area contributed by atoms with E-state index in [1.165, 1.54) is 6.42 Å². The Hall–Kier alpha value is -0.710. The van der Waals surface area contributed by atoms with Crippen molar-refractivity contribution in [1.29, 1.82) is 0 Å². The molecule has 0 radical (unpaired) electrons. The normalized spacial score (nSPS) is 20.3. The molecule has 1 unspecified atom stereocenters. The lowest BCUT2D eigenvalue weighted by atomic mass is 10.1. The van der Waals surface area contributed by atoms with E-state index in [1.54, 1.807) is 11.8 Å². The lowest BCUT2D eigenvalue weighted by Crippen LogP contribution is -2.48. The van der Waals surface area contributed by atoms with Gasteiger partial charge in [-0.05, 0) is 18.6 Å². The van der Waals surface area contributed by atoms with E-state index in [0.29, 0.717) is 18.7 Å². The minimum absolute atomic E-state index is 0.0854. The molecule has 2 N–H and O–H groups in total. The Balaban J connectivity index is 2.07. The van der Waals surface area contributed by atoms with Crippen molar-refractivity contribution in [2.75, 3.05) is 18.1 Å². The first-order valence-electron chi connectivity index (χ1n) is 5.86. The molecule has 0 bridgehead atoms. The van der Waals surface area contributed by atoms with Crippen LogP contribution >= 0.6 is 11.8 Å². The van der Waals surface area contributed by atoms with Crippen LogP contribution in [0.25, 0.3) is 0 Å². The van der Waals surface area contributed by atoms with Gasteiger partial charge in [0.2, 0.25) is 11.8 Å². The van der Waals surface area contributed by atoms with E-state index in [2.05, 4.69) is 17.6 Å². The van der Waals surface area contributed by atoms with Gasteiger partial charge in [0, 0.05) is 19.0 Å². The highest BCUT2D eigenvalue weighted by Gasteiger charge is 2.19. The first kappa shape index (κ1) is 13.4. The SMILES string of the molecule is CCCCSCC(=O)NC1CCC(=O)NC1. The van der Waals surface area contributed by atoms with Crippen LogP contribution in [-0.4, -0.2) is 35.9 Å². The maximum Gasteiger partial charge on any atom is 0.230 e. The van der Waals surface area contributed by atoms with Crippen LogP contribution in [0.4, 0.5) is 0 Å². The Morgan fingerprint density at radius 3 is 3.06 bits per heavy atom. The lowest BCUT2D eigenvalue weighted by molar-refractivity contribution is -0.124. The van der Waals surface area contributed by atoms with Crippen molar-refractivity contribution in [2.24, 2.45) is 0 Å². The topological polar surface area (TPSA) is 58.2 Å². The van der Waals surface area contributed by atoms with Crippen molar-refractivity contribution in [3.8, 4) is 0 Å². The Labute approximate surface area is 101 Å². The predicted octanol–water partition coefficient (Wildman–Crippen LogP) is 0.914. The molecule has 16 heavy (non-hydrogen) atoms. The minimum Gasteiger partial charge on any atom is -0.354 e. The van der Waals surface area contributed by atoms with Gasteiger partial charge >= 0.3 is 0 Å². The molecule has 1 heterocycles. The van der Waals surface area contributed by atoms with Gasteiger partial charge in [0.1, 0.15) is 0 Å². The van der Waals surface area contributed by atoms with Gasteiger partial charge < -0.3 is 10.6 Å². The summed E-state index contributed by atoms with van der Waals surface area (Å²) in [5.74, 6) is 1.75. The molecule has 1 rings (SSSR count). The number of hydrogen-bond acceptors (Lipinski definition) is 3. The van der Waals surface area contributed by atoms with E-state index in [1.807, 2.05) is 0 Å². The van der Waals surface area contributed by atoms with Crippen LogP contribution in [0.5, 0.6) is 0 Å². The zero-order chi connectivity index (χ0) is 11.8. The third kappa shape index (κ3) is 5.39. The van der Waals surface area contributed by atoms with Gasteiger partial charge in [-0.1, -0.05) is 13.3 Å². The summed E-state index contributed by atoms with van der Waals surface area (Å²) in [7, 11) is 0. The predicted molar refractivity (Wildman–Crippen MR) is 66.4 cm³/mol. The number of rotatable bonds is 6. The van der Waals surface area contributed by atoms with Crippen molar-refractivity contribution in [3.05, 3.63) is 0 Å². The fourth-order valence-electron chi connectivity index (χ4n) is 1.54. The smallest absolute Gasteiger partial charge is 0.230 e. The Bertz CT molecular complexity index is 236. The molecule has 0 aromatic rings. The molecule has 1 aliphatic rings. The van der Waals surface area contributed by atoms with Crippen LogP contribution in [0.3, 0.4) is 0 Å². The van der Waals surface area contributed by atoms with Gasteiger partial charge in [0.15, 0.2) is 0 Å². The van der Waals surface area contributed by atoms with E-state index in [-0.39, 0.29) is 17.9 Å². The van der Waals surface area contributed by atoms with Crippen LogP contribution in [0.15, 0.2) is 0 Å². The Morgan fingerprint density at radius 2 is 2.44 bits per heavy atom. The molecule has 5 heteroatoms. The summed E-state index contributed by atoms with van der Waals surface area (Å²) in [5, 5.41) is 5.70. The molecule has 92 valence electrons. The molecule has 0 spiro atoms. The number of thioether (sulfide) groups is 1. The molecule has 0 aromatic carbocycles. The fourth-order valence-corrected chi connectivity index (χ4v) is 2.44. The summed E-state index contributed by atoms with van der Waals surface area (Å²) in [5.41, 5.74) is 0. The van der Waals surface area contributed by atoms with Crippen molar-refractivity contribution >= 4 is 23.6 Å². The molecule has 1 fully saturated rings.